The van der Waals surface area contributed by atoms with E-state index in [2.05, 4.69) is 51.8 Å². The van der Waals surface area contributed by atoms with Gasteiger partial charge in [0.25, 0.3) is 0 Å². The van der Waals surface area contributed by atoms with E-state index in [9.17, 15) is 0 Å². The molecule has 0 saturated carbocycles. The maximum atomic E-state index is 4.88. The zero-order valence-electron chi connectivity index (χ0n) is 16.1. The van der Waals surface area contributed by atoms with E-state index in [1.807, 2.05) is 11.3 Å². The Hall–Kier alpha value is -0.540. The molecule has 0 bridgehead atoms. The summed E-state index contributed by atoms with van der Waals surface area (Å²) >= 11 is 1.84. The lowest BCUT2D eigenvalue weighted by Gasteiger charge is -2.33. The fourth-order valence-electron chi connectivity index (χ4n) is 3.78. The molecule has 5 nitrogen and oxygen atoms in total. The summed E-state index contributed by atoms with van der Waals surface area (Å²) in [6.45, 7) is 12.1. The third-order valence-electron chi connectivity index (χ3n) is 5.32. The summed E-state index contributed by atoms with van der Waals surface area (Å²) in [4.78, 5) is 9.92. The Morgan fingerprint density at radius 3 is 2.65 bits per heavy atom. The summed E-state index contributed by atoms with van der Waals surface area (Å²) in [6, 6.07) is 4.90. The van der Waals surface area contributed by atoms with E-state index in [1.165, 1.54) is 43.9 Å². The second-order valence-electron chi connectivity index (χ2n) is 7.12. The first kappa shape index (κ1) is 21.8. The number of likely N-dealkylation sites (tertiary alicyclic amines) is 1. The Bertz CT molecular complexity index is 528. The highest BCUT2D eigenvalue weighted by molar-refractivity contribution is 14.0. The summed E-state index contributed by atoms with van der Waals surface area (Å²) in [6.07, 6.45) is 3.64. The molecule has 26 heavy (non-hydrogen) atoms. The summed E-state index contributed by atoms with van der Waals surface area (Å²) in [7, 11) is 0. The molecule has 148 valence electrons. The molecule has 7 heteroatoms. The van der Waals surface area contributed by atoms with Crippen molar-refractivity contribution < 1.29 is 0 Å². The van der Waals surface area contributed by atoms with Gasteiger partial charge < -0.3 is 20.4 Å². The van der Waals surface area contributed by atoms with Crippen molar-refractivity contribution in [2.24, 2.45) is 10.9 Å². The Morgan fingerprint density at radius 1 is 1.23 bits per heavy atom. The molecule has 2 aliphatic heterocycles. The Morgan fingerprint density at radius 2 is 2.04 bits per heavy atom. The Labute approximate surface area is 179 Å². The number of nitrogens with zero attached hydrogens (tertiary/aromatic N) is 3. The van der Waals surface area contributed by atoms with Gasteiger partial charge in [-0.25, -0.2) is 0 Å². The molecule has 0 aliphatic carbocycles. The van der Waals surface area contributed by atoms with Gasteiger partial charge in [-0.3, -0.25) is 4.99 Å². The second-order valence-corrected chi connectivity index (χ2v) is 8.05. The number of thiophene rings is 1. The molecule has 1 unspecified atom stereocenters. The SMILES string of the molecule is CCNC(=NCC1CCN(CC)C1)NC1CCN(c2cccs2)CC1.I. The standard InChI is InChI=1S/C19H33N5S.HI/c1-3-20-19(21-14-16-7-10-23(4-2)15-16)22-17-8-11-24(12-9-17)18-6-5-13-25-18;/h5-6,13,16-17H,3-4,7-12,14-15H2,1-2H3,(H2,20,21,22);1H. The van der Waals surface area contributed by atoms with E-state index in [0.29, 0.717) is 6.04 Å². The van der Waals surface area contributed by atoms with Gasteiger partial charge in [-0.1, -0.05) is 6.92 Å². The number of hydrogen-bond donors (Lipinski definition) is 2. The number of anilines is 1. The van der Waals surface area contributed by atoms with Crippen molar-refractivity contribution in [3.8, 4) is 0 Å². The number of guanidine groups is 1. The highest BCUT2D eigenvalue weighted by atomic mass is 127. The smallest absolute Gasteiger partial charge is 0.191 e. The van der Waals surface area contributed by atoms with Crippen molar-refractivity contribution in [2.45, 2.75) is 39.2 Å². The molecular weight excluding hydrogens is 457 g/mol. The van der Waals surface area contributed by atoms with Gasteiger partial charge in [0, 0.05) is 38.8 Å². The maximum Gasteiger partial charge on any atom is 0.191 e. The lowest BCUT2D eigenvalue weighted by molar-refractivity contribution is 0.343. The number of hydrogen-bond acceptors (Lipinski definition) is 4. The lowest BCUT2D eigenvalue weighted by atomic mass is 10.1. The van der Waals surface area contributed by atoms with Crippen molar-refractivity contribution in [2.75, 3.05) is 50.7 Å². The molecule has 0 amide bonds. The van der Waals surface area contributed by atoms with Crippen LogP contribution >= 0.6 is 35.3 Å². The van der Waals surface area contributed by atoms with Crippen LogP contribution in [0.4, 0.5) is 5.00 Å². The fourth-order valence-corrected chi connectivity index (χ4v) is 4.56. The van der Waals surface area contributed by atoms with Crippen LogP contribution in [0.15, 0.2) is 22.5 Å². The molecule has 3 heterocycles. The monoisotopic (exact) mass is 491 g/mol. The highest BCUT2D eigenvalue weighted by Gasteiger charge is 2.22. The normalized spacial score (nSPS) is 22.3. The molecule has 0 spiro atoms. The summed E-state index contributed by atoms with van der Waals surface area (Å²) < 4.78 is 0. The van der Waals surface area contributed by atoms with Crippen LogP contribution in [0.2, 0.25) is 0 Å². The van der Waals surface area contributed by atoms with E-state index in [1.54, 1.807) is 0 Å². The molecule has 3 rings (SSSR count). The zero-order valence-corrected chi connectivity index (χ0v) is 19.3. The number of halogens is 1. The van der Waals surface area contributed by atoms with Gasteiger partial charge >= 0.3 is 0 Å². The van der Waals surface area contributed by atoms with Crippen LogP contribution in [-0.2, 0) is 0 Å². The van der Waals surface area contributed by atoms with Gasteiger partial charge in [-0.15, -0.1) is 35.3 Å². The minimum Gasteiger partial charge on any atom is -0.363 e. The molecule has 2 aliphatic rings. The molecule has 2 fully saturated rings. The number of rotatable bonds is 6. The second kappa shape index (κ2) is 11.3. The van der Waals surface area contributed by atoms with Crippen LogP contribution in [0, 0.1) is 5.92 Å². The van der Waals surface area contributed by atoms with E-state index < -0.39 is 0 Å². The van der Waals surface area contributed by atoms with Crippen molar-refractivity contribution in [1.82, 2.24) is 15.5 Å². The third-order valence-corrected chi connectivity index (χ3v) is 6.25. The molecular formula is C19H34IN5S. The van der Waals surface area contributed by atoms with Crippen LogP contribution < -0.4 is 15.5 Å². The maximum absolute atomic E-state index is 4.88. The molecule has 2 saturated heterocycles. The third kappa shape index (κ3) is 6.27. The Kier molecular flexibility index (Phi) is 9.49. The number of piperidine rings is 1. The quantitative estimate of drug-likeness (QED) is 0.365. The van der Waals surface area contributed by atoms with Crippen molar-refractivity contribution >= 4 is 46.3 Å². The lowest BCUT2D eigenvalue weighted by Crippen LogP contribution is -2.48. The van der Waals surface area contributed by atoms with E-state index in [-0.39, 0.29) is 24.0 Å². The molecule has 0 aromatic carbocycles. The summed E-state index contributed by atoms with van der Waals surface area (Å²) in [5, 5.41) is 10.7. The van der Waals surface area contributed by atoms with Gasteiger partial charge in [0.2, 0.25) is 0 Å². The van der Waals surface area contributed by atoms with E-state index >= 15 is 0 Å². The van der Waals surface area contributed by atoms with Crippen molar-refractivity contribution in [3.63, 3.8) is 0 Å². The average Bonchev–Trinajstić information content (AvgIpc) is 3.32. The van der Waals surface area contributed by atoms with E-state index in [0.717, 1.165) is 38.1 Å². The zero-order chi connectivity index (χ0) is 17.5. The topological polar surface area (TPSA) is 42.9 Å². The van der Waals surface area contributed by atoms with Gasteiger partial charge in [0.15, 0.2) is 5.96 Å². The van der Waals surface area contributed by atoms with Gasteiger partial charge in [0.05, 0.1) is 5.00 Å². The summed E-state index contributed by atoms with van der Waals surface area (Å²) in [5.74, 6) is 1.73. The van der Waals surface area contributed by atoms with Gasteiger partial charge in [-0.05, 0) is 62.7 Å². The molecule has 0 radical (unpaired) electrons. The Balaban J connectivity index is 0.00000243. The molecule has 1 aromatic rings. The van der Waals surface area contributed by atoms with Gasteiger partial charge in [0.1, 0.15) is 0 Å². The number of aliphatic imine (C=N–C) groups is 1. The first-order chi connectivity index (χ1) is 12.3. The largest absolute Gasteiger partial charge is 0.363 e. The predicted octanol–water partition coefficient (Wildman–Crippen LogP) is 3.23. The fraction of sp³-hybridized carbons (Fsp3) is 0.737. The average molecular weight is 491 g/mol. The van der Waals surface area contributed by atoms with Crippen LogP contribution in [0.3, 0.4) is 0 Å². The molecule has 2 N–H and O–H groups in total. The summed E-state index contributed by atoms with van der Waals surface area (Å²) in [5.41, 5.74) is 0. The minimum atomic E-state index is 0. The van der Waals surface area contributed by atoms with Crippen LogP contribution in [0.1, 0.15) is 33.1 Å². The van der Waals surface area contributed by atoms with Crippen LogP contribution in [0.25, 0.3) is 0 Å². The number of nitrogens with one attached hydrogen (secondary N) is 2. The highest BCUT2D eigenvalue weighted by Crippen LogP contribution is 2.24. The van der Waals surface area contributed by atoms with E-state index in [4.69, 9.17) is 4.99 Å². The molecule has 1 aromatic heterocycles. The minimum absolute atomic E-state index is 0. The van der Waals surface area contributed by atoms with Crippen molar-refractivity contribution in [3.05, 3.63) is 17.5 Å². The first-order valence-electron chi connectivity index (χ1n) is 9.84. The molecule has 1 atom stereocenters. The van der Waals surface area contributed by atoms with Crippen molar-refractivity contribution in [1.29, 1.82) is 0 Å². The predicted molar refractivity (Wildman–Crippen MR) is 124 cm³/mol. The first-order valence-corrected chi connectivity index (χ1v) is 10.7. The van der Waals surface area contributed by atoms with Crippen LogP contribution in [-0.4, -0.2) is 62.7 Å². The van der Waals surface area contributed by atoms with Crippen LogP contribution in [0.5, 0.6) is 0 Å². The van der Waals surface area contributed by atoms with Gasteiger partial charge in [-0.2, -0.15) is 0 Å².